The van der Waals surface area contributed by atoms with Crippen LogP contribution in [0.15, 0.2) is 28.8 Å². The van der Waals surface area contributed by atoms with E-state index in [1.165, 1.54) is 0 Å². The van der Waals surface area contributed by atoms with Gasteiger partial charge in [-0.3, -0.25) is 14.9 Å². The average molecular weight is 415 g/mol. The number of benzene rings is 1. The second kappa shape index (κ2) is 9.21. The Morgan fingerprint density at radius 3 is 2.33 bits per heavy atom. The first kappa shape index (κ1) is 21.2. The Morgan fingerprint density at radius 1 is 1.11 bits per heavy atom. The summed E-state index contributed by atoms with van der Waals surface area (Å²) in [5.74, 6) is -1.75. The van der Waals surface area contributed by atoms with Crippen molar-refractivity contribution in [2.45, 2.75) is 38.8 Å². The average Bonchev–Trinajstić information content (AvgIpc) is 3.04. The van der Waals surface area contributed by atoms with Crippen molar-refractivity contribution < 1.29 is 24.3 Å². The minimum absolute atomic E-state index is 0.0258. The van der Waals surface area contributed by atoms with Gasteiger partial charge < -0.3 is 14.7 Å². The number of nitrogens with one attached hydrogen (secondary N) is 1. The second-order valence-corrected chi connectivity index (χ2v) is 7.41. The van der Waals surface area contributed by atoms with E-state index in [0.29, 0.717) is 33.5 Å². The lowest BCUT2D eigenvalue weighted by Gasteiger charge is -2.21. The van der Waals surface area contributed by atoms with Crippen molar-refractivity contribution in [1.82, 2.24) is 10.5 Å². The van der Waals surface area contributed by atoms with Gasteiger partial charge in [-0.1, -0.05) is 42.2 Å². The highest BCUT2D eigenvalue weighted by molar-refractivity contribution is 6.42. The van der Waals surface area contributed by atoms with E-state index < -0.39 is 24.0 Å². The molecule has 0 fully saturated rings. The molecule has 7 nitrogen and oxygen atoms in total. The number of carboxylic acids is 2. The van der Waals surface area contributed by atoms with Crippen molar-refractivity contribution in [1.29, 1.82) is 0 Å². The van der Waals surface area contributed by atoms with E-state index in [2.05, 4.69) is 10.5 Å². The SMILES string of the molecule is CC(C)C[C@H](N[C@@H](Cc1cc(-c2ccc(Cl)c(Cl)c2)on1)C(=O)O)C(=O)O. The van der Waals surface area contributed by atoms with Gasteiger partial charge in [0.1, 0.15) is 12.1 Å². The highest BCUT2D eigenvalue weighted by atomic mass is 35.5. The molecule has 0 aliphatic heterocycles. The Balaban J connectivity index is 2.15. The zero-order valence-corrected chi connectivity index (χ0v) is 16.3. The maximum atomic E-state index is 11.6. The summed E-state index contributed by atoms with van der Waals surface area (Å²) < 4.78 is 5.25. The Kier molecular flexibility index (Phi) is 7.24. The van der Waals surface area contributed by atoms with Gasteiger partial charge in [0.05, 0.1) is 15.7 Å². The molecule has 0 saturated heterocycles. The third-order valence-electron chi connectivity index (χ3n) is 3.88. The van der Waals surface area contributed by atoms with Crippen molar-refractivity contribution >= 4 is 35.1 Å². The summed E-state index contributed by atoms with van der Waals surface area (Å²) in [4.78, 5) is 22.9. The Bertz CT molecular complexity index is 822. The zero-order chi connectivity index (χ0) is 20.1. The van der Waals surface area contributed by atoms with Crippen molar-refractivity contribution in [3.05, 3.63) is 40.0 Å². The summed E-state index contributed by atoms with van der Waals surface area (Å²) in [6, 6.07) is 4.45. The van der Waals surface area contributed by atoms with Gasteiger partial charge >= 0.3 is 11.9 Å². The molecule has 27 heavy (non-hydrogen) atoms. The van der Waals surface area contributed by atoms with E-state index in [0.717, 1.165) is 0 Å². The summed E-state index contributed by atoms with van der Waals surface area (Å²) in [5, 5.41) is 26.1. The number of hydrogen-bond donors (Lipinski definition) is 3. The predicted octanol–water partition coefficient (Wildman–Crippen LogP) is 3.73. The van der Waals surface area contributed by atoms with Crippen LogP contribution >= 0.6 is 23.2 Å². The van der Waals surface area contributed by atoms with Crippen LogP contribution in [0.5, 0.6) is 0 Å². The Hall–Kier alpha value is -2.09. The number of aromatic nitrogens is 1. The Morgan fingerprint density at radius 2 is 1.78 bits per heavy atom. The molecule has 2 aromatic rings. The third-order valence-corrected chi connectivity index (χ3v) is 4.62. The first-order chi connectivity index (χ1) is 12.7. The molecule has 0 saturated carbocycles. The first-order valence-corrected chi connectivity index (χ1v) is 9.05. The molecule has 0 radical (unpaired) electrons. The number of rotatable bonds is 9. The fourth-order valence-electron chi connectivity index (χ4n) is 2.57. The number of nitrogens with zero attached hydrogens (tertiary/aromatic N) is 1. The molecule has 0 spiro atoms. The normalized spacial score (nSPS) is 13.5. The van der Waals surface area contributed by atoms with Crippen LogP contribution in [0.25, 0.3) is 11.3 Å². The number of carbonyl (C=O) groups is 2. The topological polar surface area (TPSA) is 113 Å². The van der Waals surface area contributed by atoms with Gasteiger partial charge in [0.15, 0.2) is 5.76 Å². The molecule has 2 rings (SSSR count). The van der Waals surface area contributed by atoms with Gasteiger partial charge in [0, 0.05) is 18.1 Å². The maximum absolute atomic E-state index is 11.6. The van der Waals surface area contributed by atoms with Crippen LogP contribution < -0.4 is 5.32 Å². The summed E-state index contributed by atoms with van der Waals surface area (Å²) in [7, 11) is 0. The van der Waals surface area contributed by atoms with Gasteiger partial charge in [0.2, 0.25) is 0 Å². The van der Waals surface area contributed by atoms with E-state index in [-0.39, 0.29) is 12.3 Å². The van der Waals surface area contributed by atoms with Gasteiger partial charge in [-0.2, -0.15) is 0 Å². The van der Waals surface area contributed by atoms with E-state index in [9.17, 15) is 19.8 Å². The van der Waals surface area contributed by atoms with Crippen molar-refractivity contribution in [3.63, 3.8) is 0 Å². The standard InChI is InChI=1S/C18H20Cl2N2O5/c1-9(2)5-14(17(23)24)21-15(18(25)26)7-11-8-16(27-22-11)10-3-4-12(19)13(20)6-10/h3-4,6,8-9,14-15,21H,5,7H2,1-2H3,(H,23,24)(H,25,26)/t14-,15-/m0/s1. The van der Waals surface area contributed by atoms with Crippen LogP contribution in [-0.2, 0) is 16.0 Å². The van der Waals surface area contributed by atoms with Gasteiger partial charge in [-0.25, -0.2) is 0 Å². The second-order valence-electron chi connectivity index (χ2n) is 6.59. The Labute approximate surface area is 166 Å². The monoisotopic (exact) mass is 414 g/mol. The molecule has 1 heterocycles. The van der Waals surface area contributed by atoms with E-state index in [1.54, 1.807) is 24.3 Å². The minimum Gasteiger partial charge on any atom is -0.480 e. The molecule has 1 aromatic carbocycles. The molecule has 0 amide bonds. The lowest BCUT2D eigenvalue weighted by atomic mass is 10.0. The summed E-state index contributed by atoms with van der Waals surface area (Å²) in [6.07, 6.45) is 0.286. The van der Waals surface area contributed by atoms with Crippen LogP contribution in [0.2, 0.25) is 10.0 Å². The predicted molar refractivity (Wildman–Crippen MR) is 101 cm³/mol. The summed E-state index contributed by atoms with van der Waals surface area (Å²) in [6.45, 7) is 3.74. The van der Waals surface area contributed by atoms with Crippen LogP contribution in [-0.4, -0.2) is 39.4 Å². The van der Waals surface area contributed by atoms with E-state index in [1.807, 2.05) is 13.8 Å². The van der Waals surface area contributed by atoms with Crippen LogP contribution in [0.4, 0.5) is 0 Å². The van der Waals surface area contributed by atoms with Gasteiger partial charge in [0.25, 0.3) is 0 Å². The van der Waals surface area contributed by atoms with Crippen molar-refractivity contribution in [2.75, 3.05) is 0 Å². The molecule has 2 atom stereocenters. The fourth-order valence-corrected chi connectivity index (χ4v) is 2.87. The molecule has 0 aliphatic carbocycles. The van der Waals surface area contributed by atoms with Crippen LogP contribution in [0, 0.1) is 5.92 Å². The number of carboxylic acid groups (broad SMARTS) is 2. The molecule has 1 aromatic heterocycles. The van der Waals surface area contributed by atoms with Crippen molar-refractivity contribution in [2.24, 2.45) is 5.92 Å². The lowest BCUT2D eigenvalue weighted by Crippen LogP contribution is -2.48. The van der Waals surface area contributed by atoms with Crippen LogP contribution in [0.3, 0.4) is 0 Å². The number of hydrogen-bond acceptors (Lipinski definition) is 5. The quantitative estimate of drug-likeness (QED) is 0.572. The lowest BCUT2D eigenvalue weighted by molar-refractivity contribution is -0.142. The molecule has 9 heteroatoms. The summed E-state index contributed by atoms with van der Waals surface area (Å²) >= 11 is 11.9. The number of aliphatic carboxylic acids is 2. The molecular weight excluding hydrogens is 395 g/mol. The van der Waals surface area contributed by atoms with Gasteiger partial charge in [-0.15, -0.1) is 0 Å². The molecule has 0 aliphatic rings. The molecular formula is C18H20Cl2N2O5. The highest BCUT2D eigenvalue weighted by Crippen LogP contribution is 2.29. The minimum atomic E-state index is -1.16. The third kappa shape index (κ3) is 5.95. The van der Waals surface area contributed by atoms with Crippen LogP contribution in [0.1, 0.15) is 26.0 Å². The molecule has 0 unspecified atom stereocenters. The molecule has 0 bridgehead atoms. The fraction of sp³-hybridized carbons (Fsp3) is 0.389. The zero-order valence-electron chi connectivity index (χ0n) is 14.8. The number of halogens is 2. The van der Waals surface area contributed by atoms with E-state index >= 15 is 0 Å². The first-order valence-electron chi connectivity index (χ1n) is 8.30. The largest absolute Gasteiger partial charge is 0.480 e. The van der Waals surface area contributed by atoms with Gasteiger partial charge in [-0.05, 0) is 30.5 Å². The maximum Gasteiger partial charge on any atom is 0.321 e. The summed E-state index contributed by atoms with van der Waals surface area (Å²) in [5.41, 5.74) is 1.02. The van der Waals surface area contributed by atoms with Crippen molar-refractivity contribution in [3.8, 4) is 11.3 Å². The smallest absolute Gasteiger partial charge is 0.321 e. The van der Waals surface area contributed by atoms with E-state index in [4.69, 9.17) is 27.7 Å². The highest BCUT2D eigenvalue weighted by Gasteiger charge is 2.27. The molecule has 146 valence electrons. The molecule has 3 N–H and O–H groups in total.